The molecular formula is C23H42IN5O. The first-order valence-corrected chi connectivity index (χ1v) is 12.0. The summed E-state index contributed by atoms with van der Waals surface area (Å²) in [6, 6.07) is 3.41. The molecule has 0 aromatic carbocycles. The maximum atomic E-state index is 5.53. The molecule has 0 unspecified atom stereocenters. The molecule has 2 fully saturated rings. The minimum atomic E-state index is 0. The van der Waals surface area contributed by atoms with Crippen LogP contribution in [0.4, 0.5) is 0 Å². The fourth-order valence-electron chi connectivity index (χ4n) is 4.83. The Bertz CT molecular complexity index is 617. The first kappa shape index (κ1) is 25.4. The number of likely N-dealkylation sites (tertiary alicyclic amines) is 1. The molecule has 1 aliphatic carbocycles. The molecule has 3 rings (SSSR count). The van der Waals surface area contributed by atoms with Gasteiger partial charge >= 0.3 is 0 Å². The average Bonchev–Trinajstić information content (AvgIpc) is 3.23. The zero-order valence-electron chi connectivity index (χ0n) is 19.2. The van der Waals surface area contributed by atoms with Gasteiger partial charge in [0.25, 0.3) is 0 Å². The number of guanidine groups is 1. The number of halogens is 1. The molecule has 30 heavy (non-hydrogen) atoms. The lowest BCUT2D eigenvalue weighted by molar-refractivity contribution is 0.119. The zero-order valence-corrected chi connectivity index (χ0v) is 21.5. The van der Waals surface area contributed by atoms with Crippen molar-refractivity contribution in [3.63, 3.8) is 0 Å². The second kappa shape index (κ2) is 13.6. The van der Waals surface area contributed by atoms with E-state index in [1.807, 2.05) is 0 Å². The minimum absolute atomic E-state index is 0. The molecule has 1 saturated heterocycles. The third-order valence-corrected chi connectivity index (χ3v) is 6.68. The lowest BCUT2D eigenvalue weighted by atomic mass is 9.92. The summed E-state index contributed by atoms with van der Waals surface area (Å²) in [5, 5.41) is 11.3. The number of nitrogens with zero attached hydrogens (tertiary/aromatic N) is 3. The Kier molecular flexibility index (Phi) is 11.5. The molecule has 1 saturated carbocycles. The van der Waals surface area contributed by atoms with Crippen LogP contribution >= 0.6 is 24.0 Å². The van der Waals surface area contributed by atoms with Crippen LogP contribution in [-0.2, 0) is 6.54 Å². The van der Waals surface area contributed by atoms with Gasteiger partial charge in [0.2, 0.25) is 0 Å². The highest BCUT2D eigenvalue weighted by molar-refractivity contribution is 14.0. The highest BCUT2D eigenvalue weighted by Gasteiger charge is 2.26. The summed E-state index contributed by atoms with van der Waals surface area (Å²) in [6.07, 6.45) is 11.6. The lowest BCUT2D eigenvalue weighted by Gasteiger charge is -2.39. The van der Waals surface area contributed by atoms with Crippen LogP contribution in [0.2, 0.25) is 0 Å². The van der Waals surface area contributed by atoms with Crippen molar-refractivity contribution in [2.24, 2.45) is 4.99 Å². The van der Waals surface area contributed by atoms with E-state index in [4.69, 9.17) is 9.52 Å². The van der Waals surface area contributed by atoms with Gasteiger partial charge in [0.05, 0.1) is 5.69 Å². The minimum Gasteiger partial charge on any atom is -0.359 e. The van der Waals surface area contributed by atoms with Gasteiger partial charge in [-0.05, 0) is 45.4 Å². The summed E-state index contributed by atoms with van der Waals surface area (Å²) in [4.78, 5) is 7.49. The molecule has 1 aliphatic heterocycles. The van der Waals surface area contributed by atoms with Crippen molar-refractivity contribution in [2.45, 2.75) is 103 Å². The monoisotopic (exact) mass is 531 g/mol. The highest BCUT2D eigenvalue weighted by atomic mass is 127. The molecule has 172 valence electrons. The Balaban J connectivity index is 0.00000320. The molecule has 6 nitrogen and oxygen atoms in total. The van der Waals surface area contributed by atoms with E-state index in [0.29, 0.717) is 18.5 Å². The van der Waals surface area contributed by atoms with Gasteiger partial charge in [-0.15, -0.1) is 24.0 Å². The number of hydrogen-bond acceptors (Lipinski definition) is 4. The first-order chi connectivity index (χ1) is 14.2. The van der Waals surface area contributed by atoms with Gasteiger partial charge in [-0.2, -0.15) is 0 Å². The number of aromatic nitrogens is 1. The molecule has 2 N–H and O–H groups in total. The molecule has 7 heteroatoms. The van der Waals surface area contributed by atoms with Crippen molar-refractivity contribution in [1.82, 2.24) is 20.7 Å². The average molecular weight is 532 g/mol. The molecule has 0 atom stereocenters. The van der Waals surface area contributed by atoms with E-state index in [0.717, 1.165) is 42.8 Å². The van der Waals surface area contributed by atoms with Crippen molar-refractivity contribution in [3.8, 4) is 0 Å². The van der Waals surface area contributed by atoms with E-state index in [-0.39, 0.29) is 24.0 Å². The summed E-state index contributed by atoms with van der Waals surface area (Å²) in [5.74, 6) is 2.22. The second-order valence-corrected chi connectivity index (χ2v) is 8.67. The second-order valence-electron chi connectivity index (χ2n) is 8.67. The standard InChI is InChI=1S/C23H41N5O.HI/c1-4-18(5-2)22-16-21(29-27-22)17-25-23(24-6-3)26-19-12-14-28(15-13-19)20-10-8-7-9-11-20;/h16,18-20H,4-15,17H2,1-3H3,(H2,24,25,26);1H. The third kappa shape index (κ3) is 7.39. The van der Waals surface area contributed by atoms with Crippen LogP contribution in [0.3, 0.4) is 0 Å². The first-order valence-electron chi connectivity index (χ1n) is 12.0. The van der Waals surface area contributed by atoms with Gasteiger partial charge in [-0.3, -0.25) is 0 Å². The summed E-state index contributed by atoms with van der Waals surface area (Å²) >= 11 is 0. The zero-order chi connectivity index (χ0) is 20.5. The summed E-state index contributed by atoms with van der Waals surface area (Å²) in [7, 11) is 0. The molecule has 2 heterocycles. The Hall–Kier alpha value is -0.830. The van der Waals surface area contributed by atoms with Crippen LogP contribution in [0.15, 0.2) is 15.6 Å². The maximum Gasteiger partial charge on any atom is 0.191 e. The summed E-state index contributed by atoms with van der Waals surface area (Å²) < 4.78 is 5.53. The van der Waals surface area contributed by atoms with E-state index in [1.54, 1.807) is 0 Å². The van der Waals surface area contributed by atoms with Crippen molar-refractivity contribution >= 4 is 29.9 Å². The number of aliphatic imine (C=N–C) groups is 1. The van der Waals surface area contributed by atoms with E-state index >= 15 is 0 Å². The number of rotatable bonds is 8. The van der Waals surface area contributed by atoms with Gasteiger partial charge in [-0.1, -0.05) is 38.3 Å². The SMILES string of the molecule is CCNC(=NCc1cc(C(CC)CC)no1)NC1CCN(C2CCCCC2)CC1.I. The maximum absolute atomic E-state index is 5.53. The van der Waals surface area contributed by atoms with Crippen LogP contribution in [0.25, 0.3) is 0 Å². The van der Waals surface area contributed by atoms with Crippen LogP contribution < -0.4 is 10.6 Å². The number of piperidine rings is 1. The van der Waals surface area contributed by atoms with Crippen molar-refractivity contribution in [2.75, 3.05) is 19.6 Å². The summed E-state index contributed by atoms with van der Waals surface area (Å²) in [6.45, 7) is 10.3. The largest absolute Gasteiger partial charge is 0.359 e. The lowest BCUT2D eigenvalue weighted by Crippen LogP contribution is -2.50. The smallest absolute Gasteiger partial charge is 0.191 e. The molecule has 1 aromatic heterocycles. The van der Waals surface area contributed by atoms with Crippen LogP contribution in [-0.4, -0.2) is 47.7 Å². The van der Waals surface area contributed by atoms with Crippen molar-refractivity contribution < 1.29 is 4.52 Å². The van der Waals surface area contributed by atoms with Crippen LogP contribution in [0.1, 0.15) is 95.9 Å². The Morgan fingerprint density at radius 2 is 1.83 bits per heavy atom. The van der Waals surface area contributed by atoms with Crippen LogP contribution in [0.5, 0.6) is 0 Å². The molecular weight excluding hydrogens is 489 g/mol. The van der Waals surface area contributed by atoms with E-state index in [2.05, 4.69) is 47.5 Å². The fourth-order valence-corrected chi connectivity index (χ4v) is 4.83. The van der Waals surface area contributed by atoms with Gasteiger partial charge in [0, 0.05) is 43.7 Å². The molecule has 0 bridgehead atoms. The van der Waals surface area contributed by atoms with Crippen LogP contribution in [0, 0.1) is 0 Å². The predicted octanol–water partition coefficient (Wildman–Crippen LogP) is 5.05. The Morgan fingerprint density at radius 1 is 1.13 bits per heavy atom. The quantitative estimate of drug-likeness (QED) is 0.279. The molecule has 0 radical (unpaired) electrons. The predicted molar refractivity (Wildman–Crippen MR) is 135 cm³/mol. The number of hydrogen-bond donors (Lipinski definition) is 2. The fraction of sp³-hybridized carbons (Fsp3) is 0.826. The molecule has 0 spiro atoms. The highest BCUT2D eigenvalue weighted by Crippen LogP contribution is 2.25. The molecule has 1 aromatic rings. The van der Waals surface area contributed by atoms with Gasteiger partial charge < -0.3 is 20.1 Å². The van der Waals surface area contributed by atoms with Gasteiger partial charge in [0.1, 0.15) is 6.54 Å². The normalized spacial score (nSPS) is 19.7. The Labute approximate surface area is 200 Å². The molecule has 2 aliphatic rings. The third-order valence-electron chi connectivity index (χ3n) is 6.68. The van der Waals surface area contributed by atoms with E-state index in [1.165, 1.54) is 58.0 Å². The topological polar surface area (TPSA) is 65.7 Å². The molecule has 0 amide bonds. The van der Waals surface area contributed by atoms with Crippen molar-refractivity contribution in [3.05, 3.63) is 17.5 Å². The summed E-state index contributed by atoms with van der Waals surface area (Å²) in [5.41, 5.74) is 1.06. The van der Waals surface area contributed by atoms with Gasteiger partial charge in [-0.25, -0.2) is 4.99 Å². The van der Waals surface area contributed by atoms with Crippen molar-refractivity contribution in [1.29, 1.82) is 0 Å². The number of nitrogens with one attached hydrogen (secondary N) is 2. The van der Waals surface area contributed by atoms with Gasteiger partial charge in [0.15, 0.2) is 11.7 Å². The Morgan fingerprint density at radius 3 is 2.47 bits per heavy atom. The van der Waals surface area contributed by atoms with E-state index in [9.17, 15) is 0 Å². The van der Waals surface area contributed by atoms with E-state index < -0.39 is 0 Å².